The molecule has 17 heavy (non-hydrogen) atoms. The highest BCUT2D eigenvalue weighted by molar-refractivity contribution is 5.45. The average Bonchev–Trinajstić information content (AvgIpc) is 2.40. The van der Waals surface area contributed by atoms with Gasteiger partial charge in [-0.3, -0.25) is 4.98 Å². The molecule has 2 aromatic heterocycles. The van der Waals surface area contributed by atoms with Crippen LogP contribution in [-0.2, 0) is 6.42 Å². The van der Waals surface area contributed by atoms with E-state index in [9.17, 15) is 0 Å². The maximum Gasteiger partial charge on any atom is 0.142 e. The second-order valence-corrected chi connectivity index (χ2v) is 3.58. The zero-order chi connectivity index (χ0) is 11.9. The molecule has 0 aliphatic heterocycles. The van der Waals surface area contributed by atoms with Gasteiger partial charge in [0, 0.05) is 30.8 Å². The Morgan fingerprint density at radius 1 is 1.29 bits per heavy atom. The monoisotopic (exact) mass is 224 g/mol. The highest BCUT2D eigenvalue weighted by atomic mass is 14.9. The molecule has 0 fully saturated rings. The van der Waals surface area contributed by atoms with E-state index >= 15 is 0 Å². The van der Waals surface area contributed by atoms with Gasteiger partial charge < -0.3 is 5.32 Å². The van der Waals surface area contributed by atoms with Crippen molar-refractivity contribution in [1.29, 1.82) is 5.26 Å². The van der Waals surface area contributed by atoms with Gasteiger partial charge in [0.2, 0.25) is 0 Å². The molecule has 0 unspecified atom stereocenters. The van der Waals surface area contributed by atoms with Crippen molar-refractivity contribution in [2.24, 2.45) is 0 Å². The molecular formula is C13H12N4. The highest BCUT2D eigenvalue weighted by Crippen LogP contribution is 2.07. The zero-order valence-corrected chi connectivity index (χ0v) is 9.30. The molecule has 1 N–H and O–H groups in total. The lowest BCUT2D eigenvalue weighted by molar-refractivity contribution is 1.00. The van der Waals surface area contributed by atoms with Crippen LogP contribution in [0.15, 0.2) is 42.9 Å². The smallest absolute Gasteiger partial charge is 0.142 e. The summed E-state index contributed by atoms with van der Waals surface area (Å²) in [5, 5.41) is 12.0. The van der Waals surface area contributed by atoms with E-state index in [4.69, 9.17) is 5.26 Å². The summed E-state index contributed by atoms with van der Waals surface area (Å²) < 4.78 is 0. The first-order chi connectivity index (χ1) is 8.38. The van der Waals surface area contributed by atoms with Gasteiger partial charge in [-0.05, 0) is 30.2 Å². The Balaban J connectivity index is 1.88. The summed E-state index contributed by atoms with van der Waals surface area (Å²) >= 11 is 0. The van der Waals surface area contributed by atoms with E-state index in [0.29, 0.717) is 5.69 Å². The number of nitrogens with one attached hydrogen (secondary N) is 1. The maximum atomic E-state index is 8.72. The highest BCUT2D eigenvalue weighted by Gasteiger charge is 1.96. The summed E-state index contributed by atoms with van der Waals surface area (Å²) in [5.41, 5.74) is 2.53. The van der Waals surface area contributed by atoms with Crippen LogP contribution in [0, 0.1) is 11.3 Å². The molecule has 0 saturated carbocycles. The molecule has 0 atom stereocenters. The standard InChI is InChI=1S/C13H12N4/c14-9-13-8-12(4-7-17-13)16-6-3-11-2-1-5-15-10-11/h1-2,4-5,7-8,10H,3,6H2,(H,16,17). The normalized spacial score (nSPS) is 9.59. The van der Waals surface area contributed by atoms with Crippen LogP contribution >= 0.6 is 0 Å². The SMILES string of the molecule is N#Cc1cc(NCCc2cccnc2)ccn1. The van der Waals surface area contributed by atoms with Crippen molar-refractivity contribution in [3.05, 3.63) is 54.1 Å². The molecule has 4 heteroatoms. The predicted octanol–water partition coefficient (Wildman–Crippen LogP) is 2.00. The Morgan fingerprint density at radius 3 is 3.00 bits per heavy atom. The van der Waals surface area contributed by atoms with E-state index in [0.717, 1.165) is 18.7 Å². The minimum absolute atomic E-state index is 0.427. The number of nitrogens with zero attached hydrogens (tertiary/aromatic N) is 3. The van der Waals surface area contributed by atoms with Crippen LogP contribution in [0.5, 0.6) is 0 Å². The summed E-state index contributed by atoms with van der Waals surface area (Å²) in [6.45, 7) is 0.806. The van der Waals surface area contributed by atoms with E-state index in [1.165, 1.54) is 5.56 Å². The van der Waals surface area contributed by atoms with Gasteiger partial charge in [0.1, 0.15) is 11.8 Å². The molecule has 0 spiro atoms. The molecule has 84 valence electrons. The summed E-state index contributed by atoms with van der Waals surface area (Å²) in [5.74, 6) is 0. The zero-order valence-electron chi connectivity index (χ0n) is 9.30. The second kappa shape index (κ2) is 5.61. The van der Waals surface area contributed by atoms with Gasteiger partial charge in [-0.1, -0.05) is 6.07 Å². The Hall–Kier alpha value is -2.41. The van der Waals surface area contributed by atoms with Gasteiger partial charge in [-0.15, -0.1) is 0 Å². The number of nitriles is 1. The van der Waals surface area contributed by atoms with E-state index in [2.05, 4.69) is 15.3 Å². The van der Waals surface area contributed by atoms with Gasteiger partial charge in [0.25, 0.3) is 0 Å². The van der Waals surface area contributed by atoms with Gasteiger partial charge in [-0.25, -0.2) is 4.98 Å². The number of rotatable bonds is 4. The third-order valence-corrected chi connectivity index (χ3v) is 2.34. The molecular weight excluding hydrogens is 212 g/mol. The van der Waals surface area contributed by atoms with Gasteiger partial charge in [-0.2, -0.15) is 5.26 Å². The first kappa shape index (κ1) is 11.1. The fraction of sp³-hybridized carbons (Fsp3) is 0.154. The van der Waals surface area contributed by atoms with Crippen molar-refractivity contribution in [2.45, 2.75) is 6.42 Å². The quantitative estimate of drug-likeness (QED) is 0.862. The molecule has 4 nitrogen and oxygen atoms in total. The minimum Gasteiger partial charge on any atom is -0.385 e. The van der Waals surface area contributed by atoms with E-state index in [1.54, 1.807) is 18.5 Å². The van der Waals surface area contributed by atoms with Crippen molar-refractivity contribution in [3.8, 4) is 6.07 Å². The van der Waals surface area contributed by atoms with E-state index < -0.39 is 0 Å². The number of anilines is 1. The first-order valence-corrected chi connectivity index (χ1v) is 5.37. The molecule has 2 aromatic rings. The lowest BCUT2D eigenvalue weighted by atomic mass is 10.2. The van der Waals surface area contributed by atoms with Crippen LogP contribution in [-0.4, -0.2) is 16.5 Å². The van der Waals surface area contributed by atoms with E-state index in [1.807, 2.05) is 30.5 Å². The Kier molecular flexibility index (Phi) is 3.66. The number of aromatic nitrogens is 2. The van der Waals surface area contributed by atoms with Crippen LogP contribution in [0.25, 0.3) is 0 Å². The molecule has 0 bridgehead atoms. The van der Waals surface area contributed by atoms with Crippen molar-refractivity contribution in [1.82, 2.24) is 9.97 Å². The summed E-state index contributed by atoms with van der Waals surface area (Å²) in [4.78, 5) is 7.97. The van der Waals surface area contributed by atoms with Crippen LogP contribution in [0.4, 0.5) is 5.69 Å². The maximum absolute atomic E-state index is 8.72. The lowest BCUT2D eigenvalue weighted by Crippen LogP contribution is -2.05. The van der Waals surface area contributed by atoms with Crippen LogP contribution in [0.2, 0.25) is 0 Å². The molecule has 0 aliphatic carbocycles. The third-order valence-electron chi connectivity index (χ3n) is 2.34. The first-order valence-electron chi connectivity index (χ1n) is 5.37. The fourth-order valence-corrected chi connectivity index (χ4v) is 1.50. The van der Waals surface area contributed by atoms with Gasteiger partial charge in [0.05, 0.1) is 0 Å². The van der Waals surface area contributed by atoms with Crippen molar-refractivity contribution < 1.29 is 0 Å². The fourth-order valence-electron chi connectivity index (χ4n) is 1.50. The molecule has 0 radical (unpaired) electrons. The number of pyridine rings is 2. The Morgan fingerprint density at radius 2 is 2.24 bits per heavy atom. The number of hydrogen-bond acceptors (Lipinski definition) is 4. The van der Waals surface area contributed by atoms with Crippen LogP contribution in [0.1, 0.15) is 11.3 Å². The summed E-state index contributed by atoms with van der Waals surface area (Å²) in [6, 6.07) is 9.57. The van der Waals surface area contributed by atoms with Crippen molar-refractivity contribution in [2.75, 3.05) is 11.9 Å². The molecule has 0 amide bonds. The Labute approximate surface area is 100.0 Å². The topological polar surface area (TPSA) is 61.6 Å². The van der Waals surface area contributed by atoms with Crippen LogP contribution < -0.4 is 5.32 Å². The van der Waals surface area contributed by atoms with E-state index in [-0.39, 0.29) is 0 Å². The third kappa shape index (κ3) is 3.28. The molecule has 2 rings (SSSR count). The molecule has 0 saturated heterocycles. The number of hydrogen-bond donors (Lipinski definition) is 1. The van der Waals surface area contributed by atoms with Gasteiger partial charge in [0.15, 0.2) is 0 Å². The largest absolute Gasteiger partial charge is 0.385 e. The average molecular weight is 224 g/mol. The lowest BCUT2D eigenvalue weighted by Gasteiger charge is -2.05. The minimum atomic E-state index is 0.427. The molecule has 0 aromatic carbocycles. The summed E-state index contributed by atoms with van der Waals surface area (Å²) in [7, 11) is 0. The Bertz CT molecular complexity index is 516. The molecule has 2 heterocycles. The van der Waals surface area contributed by atoms with Crippen LogP contribution in [0.3, 0.4) is 0 Å². The summed E-state index contributed by atoms with van der Waals surface area (Å²) in [6.07, 6.45) is 6.15. The van der Waals surface area contributed by atoms with Crippen molar-refractivity contribution >= 4 is 5.69 Å². The van der Waals surface area contributed by atoms with Gasteiger partial charge >= 0.3 is 0 Å². The second-order valence-electron chi connectivity index (χ2n) is 3.58. The molecule has 0 aliphatic rings. The van der Waals surface area contributed by atoms with Crippen molar-refractivity contribution in [3.63, 3.8) is 0 Å². The predicted molar refractivity (Wildman–Crippen MR) is 65.4 cm³/mol.